The molecule has 1 fully saturated rings. The van der Waals surface area contributed by atoms with Crippen molar-refractivity contribution in [3.8, 4) is 0 Å². The summed E-state index contributed by atoms with van der Waals surface area (Å²) in [4.78, 5) is 33.2. The zero-order valence-electron chi connectivity index (χ0n) is 11.0. The lowest BCUT2D eigenvalue weighted by atomic mass is 10.1. The smallest absolute Gasteiger partial charge is 0.326 e. The number of hydrogen-bond acceptors (Lipinski definition) is 5. The molecule has 3 amide bonds. The Bertz CT molecular complexity index is 362. The highest BCUT2D eigenvalue weighted by molar-refractivity contribution is 8.06. The minimum Gasteiger partial charge on any atom is -0.480 e. The van der Waals surface area contributed by atoms with E-state index < -0.39 is 23.9 Å². The molecule has 2 atom stereocenters. The summed E-state index contributed by atoms with van der Waals surface area (Å²) in [6.45, 7) is 0.506. The van der Waals surface area contributed by atoms with Gasteiger partial charge in [-0.15, -0.1) is 0 Å². The first-order valence-electron chi connectivity index (χ1n) is 6.24. The number of carbonyl (C=O) groups excluding carboxylic acids is 2. The predicted octanol–water partition coefficient (Wildman–Crippen LogP) is -0.147. The Morgan fingerprint density at radius 2 is 2.10 bits per heavy atom. The highest BCUT2D eigenvalue weighted by Gasteiger charge is 2.21. The van der Waals surface area contributed by atoms with Crippen LogP contribution >= 0.6 is 23.5 Å². The minimum atomic E-state index is -1.18. The first-order chi connectivity index (χ1) is 9.49. The van der Waals surface area contributed by atoms with E-state index in [1.807, 2.05) is 11.8 Å². The van der Waals surface area contributed by atoms with Crippen LogP contribution in [-0.4, -0.2) is 58.1 Å². The highest BCUT2D eigenvalue weighted by Crippen LogP contribution is 2.23. The second-order valence-electron chi connectivity index (χ2n) is 4.32. The van der Waals surface area contributed by atoms with E-state index in [-0.39, 0.29) is 12.8 Å². The average Bonchev–Trinajstić information content (AvgIpc) is 2.41. The Morgan fingerprint density at radius 3 is 2.65 bits per heavy atom. The van der Waals surface area contributed by atoms with E-state index in [4.69, 9.17) is 10.8 Å². The number of rotatable bonds is 7. The quantitative estimate of drug-likeness (QED) is 0.517. The van der Waals surface area contributed by atoms with E-state index >= 15 is 0 Å². The van der Waals surface area contributed by atoms with E-state index in [0.29, 0.717) is 11.8 Å². The van der Waals surface area contributed by atoms with Crippen LogP contribution in [0.25, 0.3) is 0 Å². The second-order valence-corrected chi connectivity index (χ2v) is 6.88. The summed E-state index contributed by atoms with van der Waals surface area (Å²) in [5.74, 6) is 1.41. The van der Waals surface area contributed by atoms with Gasteiger partial charge in [-0.25, -0.2) is 9.59 Å². The number of carbonyl (C=O) groups is 3. The topological polar surface area (TPSA) is 122 Å². The Balaban J connectivity index is 2.29. The van der Waals surface area contributed by atoms with Crippen molar-refractivity contribution in [1.29, 1.82) is 0 Å². The van der Waals surface area contributed by atoms with E-state index in [1.54, 1.807) is 11.8 Å². The Morgan fingerprint density at radius 1 is 1.35 bits per heavy atom. The van der Waals surface area contributed by atoms with Gasteiger partial charge in [0.05, 0.1) is 0 Å². The lowest BCUT2D eigenvalue weighted by Gasteiger charge is -2.22. The third kappa shape index (κ3) is 6.90. The van der Waals surface area contributed by atoms with Gasteiger partial charge in [0, 0.05) is 35.5 Å². The SMILES string of the molecule is NC(=O)CC[C@@H](NC(=O)NCC1CSCCS1)C(=O)O. The van der Waals surface area contributed by atoms with Crippen LogP contribution in [0.4, 0.5) is 4.79 Å². The molecule has 0 aromatic carbocycles. The lowest BCUT2D eigenvalue weighted by Crippen LogP contribution is -2.48. The molecule has 0 radical (unpaired) electrons. The molecular formula is C11H19N3O4S2. The molecule has 20 heavy (non-hydrogen) atoms. The Labute approximate surface area is 125 Å². The van der Waals surface area contributed by atoms with E-state index in [2.05, 4.69) is 10.6 Å². The largest absolute Gasteiger partial charge is 0.480 e. The summed E-state index contributed by atoms with van der Waals surface area (Å²) in [6, 6.07) is -1.63. The van der Waals surface area contributed by atoms with Crippen LogP contribution in [-0.2, 0) is 9.59 Å². The van der Waals surface area contributed by atoms with Crippen LogP contribution in [0.15, 0.2) is 0 Å². The van der Waals surface area contributed by atoms with Gasteiger partial charge in [-0.2, -0.15) is 23.5 Å². The fraction of sp³-hybridized carbons (Fsp3) is 0.727. The number of aliphatic carboxylic acids is 1. The minimum absolute atomic E-state index is 0.00782. The van der Waals surface area contributed by atoms with E-state index in [9.17, 15) is 14.4 Å². The van der Waals surface area contributed by atoms with Gasteiger partial charge in [0.25, 0.3) is 0 Å². The number of nitrogens with one attached hydrogen (secondary N) is 2. The molecule has 5 N–H and O–H groups in total. The maximum atomic E-state index is 11.6. The summed E-state index contributed by atoms with van der Waals surface area (Å²) in [7, 11) is 0. The van der Waals surface area contributed by atoms with Crippen molar-refractivity contribution in [3.05, 3.63) is 0 Å². The molecule has 1 aliphatic heterocycles. The molecular weight excluding hydrogens is 302 g/mol. The number of urea groups is 1. The Hall–Kier alpha value is -1.09. The molecule has 0 aromatic heterocycles. The number of carboxylic acid groups (broad SMARTS) is 1. The van der Waals surface area contributed by atoms with Crippen LogP contribution in [0, 0.1) is 0 Å². The fourth-order valence-electron chi connectivity index (χ4n) is 1.61. The maximum absolute atomic E-state index is 11.6. The molecule has 1 rings (SSSR count). The molecule has 1 saturated heterocycles. The first kappa shape index (κ1) is 17.0. The molecule has 0 aliphatic carbocycles. The number of carboxylic acids is 1. The van der Waals surface area contributed by atoms with Gasteiger partial charge in [0.2, 0.25) is 5.91 Å². The van der Waals surface area contributed by atoms with Crippen molar-refractivity contribution >= 4 is 41.4 Å². The van der Waals surface area contributed by atoms with Crippen molar-refractivity contribution in [1.82, 2.24) is 10.6 Å². The molecule has 7 nitrogen and oxygen atoms in total. The summed E-state index contributed by atoms with van der Waals surface area (Å²) in [5.41, 5.74) is 4.96. The Kier molecular flexibility index (Phi) is 7.60. The fourth-order valence-corrected chi connectivity index (χ4v) is 4.23. The molecule has 0 spiro atoms. The van der Waals surface area contributed by atoms with Crippen molar-refractivity contribution in [2.75, 3.05) is 23.8 Å². The van der Waals surface area contributed by atoms with Crippen molar-refractivity contribution in [2.24, 2.45) is 5.73 Å². The molecule has 1 aliphatic rings. The molecule has 114 valence electrons. The zero-order chi connectivity index (χ0) is 15.0. The molecule has 1 unspecified atom stereocenters. The number of primary amides is 1. The molecule has 0 saturated carbocycles. The van der Waals surface area contributed by atoms with Crippen LogP contribution in [0.3, 0.4) is 0 Å². The van der Waals surface area contributed by atoms with Gasteiger partial charge in [0.15, 0.2) is 0 Å². The zero-order valence-corrected chi connectivity index (χ0v) is 12.6. The van der Waals surface area contributed by atoms with Gasteiger partial charge < -0.3 is 21.5 Å². The summed E-state index contributed by atoms with van der Waals surface area (Å²) < 4.78 is 0. The number of hydrogen-bond donors (Lipinski definition) is 4. The molecule has 9 heteroatoms. The van der Waals surface area contributed by atoms with Gasteiger partial charge >= 0.3 is 12.0 Å². The standard InChI is InChI=1S/C11H19N3O4S2/c12-9(15)2-1-8(10(16)17)14-11(18)13-5-7-6-19-3-4-20-7/h7-8H,1-6H2,(H2,12,15)(H,16,17)(H2,13,14,18)/t7?,8-/m1/s1. The maximum Gasteiger partial charge on any atom is 0.326 e. The van der Waals surface area contributed by atoms with Crippen LogP contribution in [0.1, 0.15) is 12.8 Å². The average molecular weight is 321 g/mol. The van der Waals surface area contributed by atoms with Gasteiger partial charge in [0.1, 0.15) is 6.04 Å². The highest BCUT2D eigenvalue weighted by atomic mass is 32.2. The third-order valence-corrected chi connectivity index (χ3v) is 5.50. The normalized spacial score (nSPS) is 19.9. The van der Waals surface area contributed by atoms with Crippen molar-refractivity contribution < 1.29 is 19.5 Å². The monoisotopic (exact) mass is 321 g/mol. The van der Waals surface area contributed by atoms with Crippen molar-refractivity contribution in [2.45, 2.75) is 24.1 Å². The molecule has 0 aromatic rings. The molecule has 0 bridgehead atoms. The first-order valence-corrected chi connectivity index (χ1v) is 8.44. The number of thioether (sulfide) groups is 2. The summed E-state index contributed by atoms with van der Waals surface area (Å²) in [6.07, 6.45) is -0.0848. The van der Waals surface area contributed by atoms with Crippen molar-refractivity contribution in [3.63, 3.8) is 0 Å². The number of amides is 3. The van der Waals surface area contributed by atoms with Crippen LogP contribution in [0.2, 0.25) is 0 Å². The van der Waals surface area contributed by atoms with Gasteiger partial charge in [-0.05, 0) is 6.42 Å². The van der Waals surface area contributed by atoms with Gasteiger partial charge in [-0.3, -0.25) is 4.79 Å². The second kappa shape index (κ2) is 8.96. The molecule has 1 heterocycles. The lowest BCUT2D eigenvalue weighted by molar-refractivity contribution is -0.139. The summed E-state index contributed by atoms with van der Waals surface area (Å²) >= 11 is 3.65. The third-order valence-electron chi connectivity index (χ3n) is 2.66. The van der Waals surface area contributed by atoms with Crippen LogP contribution in [0.5, 0.6) is 0 Å². The van der Waals surface area contributed by atoms with Gasteiger partial charge in [-0.1, -0.05) is 0 Å². The van der Waals surface area contributed by atoms with E-state index in [0.717, 1.165) is 17.3 Å². The van der Waals surface area contributed by atoms with Crippen LogP contribution < -0.4 is 16.4 Å². The number of nitrogens with two attached hydrogens (primary N) is 1. The summed E-state index contributed by atoms with van der Waals surface area (Å²) in [5, 5.41) is 14.3. The van der Waals surface area contributed by atoms with E-state index in [1.165, 1.54) is 0 Å². The predicted molar refractivity (Wildman–Crippen MR) is 80.0 cm³/mol.